The summed E-state index contributed by atoms with van der Waals surface area (Å²) in [5, 5.41) is 11.2. The third-order valence-corrected chi connectivity index (χ3v) is 8.89. The lowest BCUT2D eigenvalue weighted by Gasteiger charge is -2.36. The molecule has 0 bridgehead atoms. The van der Waals surface area contributed by atoms with Crippen molar-refractivity contribution in [1.82, 2.24) is 24.6 Å². The first-order valence-corrected chi connectivity index (χ1v) is 15.4. The molecule has 12 heteroatoms. The van der Waals surface area contributed by atoms with Crippen molar-refractivity contribution in [2.75, 3.05) is 31.1 Å². The van der Waals surface area contributed by atoms with Gasteiger partial charge in [0.1, 0.15) is 12.1 Å². The van der Waals surface area contributed by atoms with Gasteiger partial charge in [0.05, 0.1) is 32.2 Å². The summed E-state index contributed by atoms with van der Waals surface area (Å²) in [7, 11) is 0. The third kappa shape index (κ3) is 6.29. The van der Waals surface area contributed by atoms with Crippen molar-refractivity contribution in [3.8, 4) is 5.69 Å². The molecule has 1 fully saturated rings. The number of hydrogen-bond donors (Lipinski definition) is 0. The Morgan fingerprint density at radius 3 is 2.38 bits per heavy atom. The van der Waals surface area contributed by atoms with E-state index in [-0.39, 0.29) is 11.6 Å². The molecule has 1 amide bonds. The van der Waals surface area contributed by atoms with Crippen molar-refractivity contribution in [2.45, 2.75) is 17.3 Å². The zero-order chi connectivity index (χ0) is 29.1. The molecule has 0 aliphatic carbocycles. The van der Waals surface area contributed by atoms with Gasteiger partial charge in [0.25, 0.3) is 5.91 Å². The molecule has 0 radical (unpaired) electrons. The van der Waals surface area contributed by atoms with E-state index in [0.717, 1.165) is 22.8 Å². The standard InChI is InChI=1S/C30H25Cl3N6O2S/c31-22-11-10-21(17-24(22)33)39-27(16-20-6-2-1-3-7-20)35-36-30(39)42-19-28-34-25(18-41-28)29(40)38-14-12-37(13-15-38)26-9-5-4-8-23(26)32/h1-11,17-18H,12-16,19H2. The van der Waals surface area contributed by atoms with Crippen LogP contribution in [0.2, 0.25) is 15.1 Å². The van der Waals surface area contributed by atoms with E-state index in [0.29, 0.717) is 64.5 Å². The van der Waals surface area contributed by atoms with E-state index < -0.39 is 0 Å². The Kier molecular flexibility index (Phi) is 8.71. The van der Waals surface area contributed by atoms with Crippen LogP contribution in [0.3, 0.4) is 0 Å². The van der Waals surface area contributed by atoms with Crippen LogP contribution in [0.5, 0.6) is 0 Å². The van der Waals surface area contributed by atoms with E-state index in [1.54, 1.807) is 17.0 Å². The summed E-state index contributed by atoms with van der Waals surface area (Å²) in [6.07, 6.45) is 2.00. The molecule has 3 heterocycles. The number of rotatable bonds is 8. The fraction of sp³-hybridized carbons (Fsp3) is 0.200. The molecule has 214 valence electrons. The highest BCUT2D eigenvalue weighted by molar-refractivity contribution is 7.98. The van der Waals surface area contributed by atoms with Gasteiger partial charge in [0.2, 0.25) is 5.89 Å². The lowest BCUT2D eigenvalue weighted by molar-refractivity contribution is 0.0741. The molecular weight excluding hydrogens is 615 g/mol. The van der Waals surface area contributed by atoms with Crippen LogP contribution in [-0.2, 0) is 12.2 Å². The summed E-state index contributed by atoms with van der Waals surface area (Å²) in [4.78, 5) is 21.6. The number of carbonyl (C=O) groups is 1. The van der Waals surface area contributed by atoms with Crippen molar-refractivity contribution < 1.29 is 9.21 Å². The molecule has 0 spiro atoms. The van der Waals surface area contributed by atoms with Gasteiger partial charge in [0, 0.05) is 32.6 Å². The van der Waals surface area contributed by atoms with Gasteiger partial charge in [-0.2, -0.15) is 0 Å². The minimum absolute atomic E-state index is 0.155. The Balaban J connectivity index is 1.14. The number of aromatic nitrogens is 4. The maximum absolute atomic E-state index is 13.2. The van der Waals surface area contributed by atoms with Crippen molar-refractivity contribution in [3.05, 3.63) is 117 Å². The van der Waals surface area contributed by atoms with Crippen LogP contribution >= 0.6 is 46.6 Å². The van der Waals surface area contributed by atoms with Gasteiger partial charge in [-0.1, -0.05) is 89.0 Å². The summed E-state index contributed by atoms with van der Waals surface area (Å²) in [6, 6.07) is 23.2. The lowest BCUT2D eigenvalue weighted by atomic mass is 10.1. The summed E-state index contributed by atoms with van der Waals surface area (Å²) < 4.78 is 7.64. The first kappa shape index (κ1) is 28.6. The molecule has 0 saturated carbocycles. The zero-order valence-electron chi connectivity index (χ0n) is 22.3. The van der Waals surface area contributed by atoms with Crippen molar-refractivity contribution in [1.29, 1.82) is 0 Å². The average molecular weight is 640 g/mol. The zero-order valence-corrected chi connectivity index (χ0v) is 25.4. The highest BCUT2D eigenvalue weighted by Crippen LogP contribution is 2.30. The summed E-state index contributed by atoms with van der Waals surface area (Å²) in [5.41, 5.74) is 3.16. The Labute approximate surface area is 262 Å². The minimum atomic E-state index is -0.155. The third-order valence-electron chi connectivity index (χ3n) is 6.92. The second-order valence-electron chi connectivity index (χ2n) is 9.64. The number of para-hydroxylation sites is 1. The number of thioether (sulfide) groups is 1. The Bertz CT molecular complexity index is 1700. The topological polar surface area (TPSA) is 80.3 Å². The normalized spacial score (nSPS) is 13.5. The molecular formula is C30H25Cl3N6O2S. The first-order valence-electron chi connectivity index (χ1n) is 13.3. The average Bonchev–Trinajstić information content (AvgIpc) is 3.65. The van der Waals surface area contributed by atoms with Crippen molar-refractivity contribution >= 4 is 58.2 Å². The predicted octanol–water partition coefficient (Wildman–Crippen LogP) is 7.06. The fourth-order valence-electron chi connectivity index (χ4n) is 4.79. The fourth-order valence-corrected chi connectivity index (χ4v) is 6.16. The first-order chi connectivity index (χ1) is 20.5. The molecule has 6 rings (SSSR count). The number of halogens is 3. The monoisotopic (exact) mass is 638 g/mol. The van der Waals surface area contributed by atoms with Crippen LogP contribution in [0.15, 0.2) is 88.6 Å². The maximum atomic E-state index is 13.2. The van der Waals surface area contributed by atoms with Gasteiger partial charge in [-0.05, 0) is 35.9 Å². The SMILES string of the molecule is O=C(c1coc(CSc2nnc(Cc3ccccc3)n2-c2ccc(Cl)c(Cl)c2)n1)N1CCN(c2ccccc2Cl)CC1. The van der Waals surface area contributed by atoms with Gasteiger partial charge in [0.15, 0.2) is 10.9 Å². The highest BCUT2D eigenvalue weighted by atomic mass is 35.5. The van der Waals surface area contributed by atoms with Crippen molar-refractivity contribution in [2.24, 2.45) is 0 Å². The van der Waals surface area contributed by atoms with E-state index in [1.165, 1.54) is 18.0 Å². The van der Waals surface area contributed by atoms with E-state index in [4.69, 9.17) is 39.2 Å². The van der Waals surface area contributed by atoms with E-state index in [2.05, 4.69) is 20.1 Å². The Morgan fingerprint density at radius 1 is 0.857 bits per heavy atom. The summed E-state index contributed by atoms with van der Waals surface area (Å²) in [6.45, 7) is 2.51. The Morgan fingerprint density at radius 2 is 1.62 bits per heavy atom. The van der Waals surface area contributed by atoms with Gasteiger partial charge < -0.3 is 14.2 Å². The van der Waals surface area contributed by atoms with E-state index in [1.807, 2.05) is 65.2 Å². The molecule has 5 aromatic rings. The van der Waals surface area contributed by atoms with Crippen LogP contribution < -0.4 is 4.90 Å². The minimum Gasteiger partial charge on any atom is -0.447 e. The molecule has 3 aromatic carbocycles. The number of anilines is 1. The van der Waals surface area contributed by atoms with Gasteiger partial charge >= 0.3 is 0 Å². The molecule has 1 saturated heterocycles. The largest absolute Gasteiger partial charge is 0.447 e. The molecule has 42 heavy (non-hydrogen) atoms. The number of nitrogens with zero attached hydrogens (tertiary/aromatic N) is 6. The quantitative estimate of drug-likeness (QED) is 0.168. The number of oxazole rings is 1. The molecule has 2 aromatic heterocycles. The van der Waals surface area contributed by atoms with Gasteiger partial charge in [-0.15, -0.1) is 10.2 Å². The van der Waals surface area contributed by atoms with E-state index >= 15 is 0 Å². The summed E-state index contributed by atoms with van der Waals surface area (Å²) >= 11 is 20.3. The van der Waals surface area contributed by atoms with Gasteiger partial charge in [-0.25, -0.2) is 4.98 Å². The second kappa shape index (κ2) is 12.8. The predicted molar refractivity (Wildman–Crippen MR) is 166 cm³/mol. The number of carbonyl (C=O) groups excluding carboxylic acids is 1. The number of amides is 1. The van der Waals surface area contributed by atoms with Crippen LogP contribution in [0.1, 0.15) is 27.8 Å². The van der Waals surface area contributed by atoms with Crippen molar-refractivity contribution in [3.63, 3.8) is 0 Å². The molecule has 0 N–H and O–H groups in total. The van der Waals surface area contributed by atoms with E-state index in [9.17, 15) is 4.79 Å². The van der Waals surface area contributed by atoms with Gasteiger partial charge in [-0.3, -0.25) is 9.36 Å². The molecule has 1 aliphatic heterocycles. The maximum Gasteiger partial charge on any atom is 0.275 e. The number of piperazine rings is 1. The van der Waals surface area contributed by atoms with Crippen LogP contribution in [0.4, 0.5) is 5.69 Å². The molecule has 0 atom stereocenters. The Hall–Kier alpha value is -3.50. The number of benzene rings is 3. The summed E-state index contributed by atoms with van der Waals surface area (Å²) in [5.74, 6) is 1.38. The van der Waals surface area contributed by atoms with Crippen LogP contribution in [0, 0.1) is 0 Å². The smallest absolute Gasteiger partial charge is 0.275 e. The molecule has 8 nitrogen and oxygen atoms in total. The van der Waals surface area contributed by atoms with Crippen LogP contribution in [-0.4, -0.2) is 56.7 Å². The molecule has 1 aliphatic rings. The van der Waals surface area contributed by atoms with Crippen LogP contribution in [0.25, 0.3) is 5.69 Å². The second-order valence-corrected chi connectivity index (χ2v) is 11.8. The lowest BCUT2D eigenvalue weighted by Crippen LogP contribution is -2.49. The number of hydrogen-bond acceptors (Lipinski definition) is 7. The molecule has 0 unspecified atom stereocenters. The highest BCUT2D eigenvalue weighted by Gasteiger charge is 2.26.